The van der Waals surface area contributed by atoms with Crippen LogP contribution in [0.5, 0.6) is 5.75 Å². The number of phenolic OH excluding ortho intramolecular Hbond substituents is 1. The quantitative estimate of drug-likeness (QED) is 0.681. The van der Waals surface area contributed by atoms with Gasteiger partial charge in [-0.25, -0.2) is 0 Å². The number of allylic oxidation sites excluding steroid dienone is 4. The third-order valence-electron chi connectivity index (χ3n) is 5.90. The first-order valence-electron chi connectivity index (χ1n) is 9.67. The molecule has 28 heavy (non-hydrogen) atoms. The molecule has 0 radical (unpaired) electrons. The Labute approximate surface area is 170 Å². The SMILES string of the molecule is CC1(C)CC(=O)C2=C(C1)OC1=C(C(=O)CC(C)(C)C1)C2c1c(O)cccc1Cl. The molecule has 1 heterocycles. The van der Waals surface area contributed by atoms with Gasteiger partial charge >= 0.3 is 0 Å². The van der Waals surface area contributed by atoms with Gasteiger partial charge in [-0.05, 0) is 23.0 Å². The van der Waals surface area contributed by atoms with Crippen LogP contribution in [0.15, 0.2) is 40.9 Å². The van der Waals surface area contributed by atoms with Crippen molar-refractivity contribution in [2.75, 3.05) is 0 Å². The molecule has 0 fully saturated rings. The molecule has 1 aromatic carbocycles. The molecule has 2 aliphatic carbocycles. The standard InChI is InChI=1S/C23H25ClO4/c1-22(2)8-14(26)19-16(10-22)28-17-11-23(3,4)9-15(27)20(17)21(19)18-12(24)6-5-7-13(18)25/h5-7,21,25H,8-11H2,1-4H3. The Hall–Kier alpha value is -2.07. The van der Waals surface area contributed by atoms with Crippen LogP contribution in [-0.4, -0.2) is 16.7 Å². The first-order valence-corrected chi connectivity index (χ1v) is 10.0. The number of rotatable bonds is 1. The average Bonchev–Trinajstić information content (AvgIpc) is 2.50. The van der Waals surface area contributed by atoms with Crippen LogP contribution >= 0.6 is 11.6 Å². The minimum Gasteiger partial charge on any atom is -0.508 e. The van der Waals surface area contributed by atoms with Gasteiger partial charge in [-0.1, -0.05) is 45.4 Å². The zero-order valence-electron chi connectivity index (χ0n) is 16.7. The minimum absolute atomic E-state index is 0.00614. The van der Waals surface area contributed by atoms with Crippen molar-refractivity contribution in [3.8, 4) is 5.75 Å². The highest BCUT2D eigenvalue weighted by Crippen LogP contribution is 2.55. The molecule has 148 valence electrons. The second-order valence-corrected chi connectivity index (χ2v) is 10.2. The summed E-state index contributed by atoms with van der Waals surface area (Å²) in [6, 6.07) is 4.88. The highest BCUT2D eigenvalue weighted by molar-refractivity contribution is 6.32. The van der Waals surface area contributed by atoms with Gasteiger partial charge in [0, 0.05) is 47.4 Å². The van der Waals surface area contributed by atoms with Crippen LogP contribution in [0.2, 0.25) is 5.02 Å². The molecule has 1 N–H and O–H groups in total. The maximum atomic E-state index is 13.2. The van der Waals surface area contributed by atoms with E-state index in [2.05, 4.69) is 0 Å². The highest BCUT2D eigenvalue weighted by atomic mass is 35.5. The first kappa shape index (κ1) is 19.3. The molecule has 0 saturated carbocycles. The van der Waals surface area contributed by atoms with E-state index in [4.69, 9.17) is 16.3 Å². The number of ether oxygens (including phenoxy) is 1. The molecule has 0 amide bonds. The van der Waals surface area contributed by atoms with E-state index < -0.39 is 5.92 Å². The van der Waals surface area contributed by atoms with E-state index in [0.29, 0.717) is 58.9 Å². The van der Waals surface area contributed by atoms with Crippen LogP contribution in [-0.2, 0) is 14.3 Å². The third-order valence-corrected chi connectivity index (χ3v) is 6.23. The Morgan fingerprint density at radius 3 is 1.89 bits per heavy atom. The molecule has 3 aliphatic rings. The van der Waals surface area contributed by atoms with E-state index in [-0.39, 0.29) is 28.1 Å². The zero-order chi connectivity index (χ0) is 20.4. The molecule has 0 saturated heterocycles. The number of hydrogen-bond acceptors (Lipinski definition) is 4. The molecule has 4 rings (SSSR count). The number of carbonyl (C=O) groups excluding carboxylic acids is 2. The van der Waals surface area contributed by atoms with Crippen LogP contribution < -0.4 is 0 Å². The largest absolute Gasteiger partial charge is 0.508 e. The molecular weight excluding hydrogens is 376 g/mol. The summed E-state index contributed by atoms with van der Waals surface area (Å²) in [5.74, 6) is 0.483. The van der Waals surface area contributed by atoms with Gasteiger partial charge in [-0.2, -0.15) is 0 Å². The summed E-state index contributed by atoms with van der Waals surface area (Å²) in [5.41, 5.74) is 0.961. The minimum atomic E-state index is -0.667. The summed E-state index contributed by atoms with van der Waals surface area (Å²) >= 11 is 6.46. The second-order valence-electron chi connectivity index (χ2n) is 9.76. The summed E-state index contributed by atoms with van der Waals surface area (Å²) in [6.07, 6.45) is 1.97. The number of ketones is 2. The van der Waals surface area contributed by atoms with Gasteiger partial charge in [-0.3, -0.25) is 9.59 Å². The van der Waals surface area contributed by atoms with Crippen LogP contribution in [0.1, 0.15) is 64.9 Å². The van der Waals surface area contributed by atoms with Gasteiger partial charge in [0.25, 0.3) is 0 Å². The van der Waals surface area contributed by atoms with Crippen molar-refractivity contribution in [3.05, 3.63) is 51.4 Å². The molecule has 0 bridgehead atoms. The van der Waals surface area contributed by atoms with Gasteiger partial charge in [0.15, 0.2) is 11.6 Å². The summed E-state index contributed by atoms with van der Waals surface area (Å²) in [4.78, 5) is 26.3. The lowest BCUT2D eigenvalue weighted by atomic mass is 9.65. The summed E-state index contributed by atoms with van der Waals surface area (Å²) < 4.78 is 6.23. The van der Waals surface area contributed by atoms with E-state index >= 15 is 0 Å². The molecule has 0 aromatic heterocycles. The molecule has 5 heteroatoms. The van der Waals surface area contributed by atoms with E-state index in [9.17, 15) is 14.7 Å². The number of aromatic hydroxyl groups is 1. The zero-order valence-corrected chi connectivity index (χ0v) is 17.4. The predicted molar refractivity (Wildman–Crippen MR) is 107 cm³/mol. The lowest BCUT2D eigenvalue weighted by molar-refractivity contribution is -0.120. The Balaban J connectivity index is 1.98. The molecule has 1 aromatic rings. The van der Waals surface area contributed by atoms with E-state index in [1.165, 1.54) is 0 Å². The van der Waals surface area contributed by atoms with Crippen molar-refractivity contribution in [2.24, 2.45) is 10.8 Å². The Bertz CT molecular complexity index is 893. The summed E-state index contributed by atoms with van der Waals surface area (Å²) in [7, 11) is 0. The number of benzene rings is 1. The van der Waals surface area contributed by atoms with Crippen molar-refractivity contribution in [1.82, 2.24) is 0 Å². The van der Waals surface area contributed by atoms with Crippen LogP contribution in [0.4, 0.5) is 0 Å². The fraction of sp³-hybridized carbons (Fsp3) is 0.478. The predicted octanol–water partition coefficient (Wildman–Crippen LogP) is 5.45. The number of hydrogen-bond donors (Lipinski definition) is 1. The van der Waals surface area contributed by atoms with Crippen LogP contribution in [0.25, 0.3) is 0 Å². The molecule has 4 nitrogen and oxygen atoms in total. The van der Waals surface area contributed by atoms with Crippen molar-refractivity contribution >= 4 is 23.2 Å². The third kappa shape index (κ3) is 3.08. The number of halogens is 1. The molecule has 1 aliphatic heterocycles. The Kier molecular flexibility index (Phi) is 4.27. The molecule has 0 atom stereocenters. The fourth-order valence-corrected chi connectivity index (χ4v) is 5.05. The van der Waals surface area contributed by atoms with Gasteiger partial charge in [0.1, 0.15) is 17.3 Å². The van der Waals surface area contributed by atoms with Gasteiger partial charge in [0.05, 0.1) is 5.92 Å². The second kappa shape index (κ2) is 6.21. The molecule has 0 spiro atoms. The number of carbonyl (C=O) groups is 2. The lowest BCUT2D eigenvalue weighted by Gasteiger charge is -2.42. The average molecular weight is 401 g/mol. The smallest absolute Gasteiger partial charge is 0.163 e. The molecular formula is C23H25ClO4. The van der Waals surface area contributed by atoms with E-state index in [0.717, 1.165) is 0 Å². The van der Waals surface area contributed by atoms with E-state index in [1.807, 2.05) is 27.7 Å². The topological polar surface area (TPSA) is 63.6 Å². The number of Topliss-reactive ketones (excluding diaryl/α,β-unsaturated/α-hetero) is 2. The van der Waals surface area contributed by atoms with Crippen molar-refractivity contribution in [2.45, 2.75) is 59.3 Å². The first-order chi connectivity index (χ1) is 13.0. The molecule has 0 unspecified atom stereocenters. The Morgan fingerprint density at radius 1 is 0.929 bits per heavy atom. The van der Waals surface area contributed by atoms with Crippen LogP contribution in [0.3, 0.4) is 0 Å². The lowest BCUT2D eigenvalue weighted by Crippen LogP contribution is -2.37. The maximum Gasteiger partial charge on any atom is 0.163 e. The summed E-state index contributed by atoms with van der Waals surface area (Å²) in [5, 5.41) is 11.0. The maximum absolute atomic E-state index is 13.2. The monoisotopic (exact) mass is 400 g/mol. The summed E-state index contributed by atoms with van der Waals surface area (Å²) in [6.45, 7) is 8.17. The Morgan fingerprint density at radius 2 is 1.43 bits per heavy atom. The van der Waals surface area contributed by atoms with Crippen molar-refractivity contribution < 1.29 is 19.4 Å². The van der Waals surface area contributed by atoms with Gasteiger partial charge in [0.2, 0.25) is 0 Å². The highest BCUT2D eigenvalue weighted by Gasteiger charge is 2.48. The number of phenols is 1. The van der Waals surface area contributed by atoms with Crippen molar-refractivity contribution in [1.29, 1.82) is 0 Å². The van der Waals surface area contributed by atoms with E-state index in [1.54, 1.807) is 18.2 Å². The van der Waals surface area contributed by atoms with Gasteiger partial charge in [-0.15, -0.1) is 0 Å². The van der Waals surface area contributed by atoms with Gasteiger partial charge < -0.3 is 9.84 Å². The van der Waals surface area contributed by atoms with Crippen LogP contribution in [0, 0.1) is 10.8 Å². The fourth-order valence-electron chi connectivity index (χ4n) is 4.77. The normalized spacial score (nSPS) is 24.0. The van der Waals surface area contributed by atoms with Crippen molar-refractivity contribution in [3.63, 3.8) is 0 Å².